The number of esters is 1. The second-order valence-corrected chi connectivity index (χ2v) is 9.42. The lowest BCUT2D eigenvalue weighted by Gasteiger charge is -2.32. The Morgan fingerprint density at radius 1 is 1.21 bits per heavy atom. The number of nitrogens with one attached hydrogen (secondary N) is 1. The maximum absolute atomic E-state index is 13.0. The second kappa shape index (κ2) is 10.9. The van der Waals surface area contributed by atoms with Crippen LogP contribution in [0, 0.1) is 5.92 Å². The molecule has 2 heterocycles. The molecule has 0 radical (unpaired) electrons. The number of hydrogen-bond donors (Lipinski definition) is 1. The number of halogens is 1. The summed E-state index contributed by atoms with van der Waals surface area (Å²) in [6, 6.07) is 8.61. The van der Waals surface area contributed by atoms with E-state index in [-0.39, 0.29) is 37.8 Å². The van der Waals surface area contributed by atoms with Gasteiger partial charge < -0.3 is 19.4 Å². The Hall–Kier alpha value is -2.10. The van der Waals surface area contributed by atoms with E-state index < -0.39 is 29.3 Å². The largest absolute Gasteiger partial charge is 0.457 e. The van der Waals surface area contributed by atoms with Crippen molar-refractivity contribution in [2.24, 2.45) is 11.0 Å². The molecule has 2 aliphatic heterocycles. The molecule has 0 saturated carbocycles. The molecule has 2 aliphatic rings. The predicted molar refractivity (Wildman–Crippen MR) is 127 cm³/mol. The molecule has 0 aromatic heterocycles. The third-order valence-electron chi connectivity index (χ3n) is 6.76. The number of carbonyl (C=O) groups is 2. The zero-order valence-electron chi connectivity index (χ0n) is 19.6. The molecule has 0 amide bonds. The van der Waals surface area contributed by atoms with Gasteiger partial charge in [0.25, 0.3) is 0 Å². The summed E-state index contributed by atoms with van der Waals surface area (Å²) in [6.07, 6.45) is 2.01. The summed E-state index contributed by atoms with van der Waals surface area (Å²) in [5.41, 5.74) is 7.44. The minimum atomic E-state index is -1.37. The molecular weight excluding hydrogens is 447 g/mol. The maximum Gasteiger partial charge on any atom is 0.457 e. The summed E-state index contributed by atoms with van der Waals surface area (Å²) in [5.74, 6) is -1.23. The Morgan fingerprint density at radius 3 is 2.45 bits per heavy atom. The fraction of sp³-hybridized carbons (Fsp3) is 0.636. The molecule has 0 bridgehead atoms. The predicted octanol–water partition coefficient (Wildman–Crippen LogP) is 3.98. The van der Waals surface area contributed by atoms with Gasteiger partial charge in [0, 0.05) is 17.0 Å². The van der Waals surface area contributed by atoms with E-state index in [4.69, 9.17) is 19.6 Å². The monoisotopic (exact) mass is 478 g/mol. The first-order chi connectivity index (χ1) is 15.1. The van der Waals surface area contributed by atoms with Crippen molar-refractivity contribution in [1.82, 2.24) is 5.32 Å². The summed E-state index contributed by atoms with van der Waals surface area (Å²) >= 11 is 0. The van der Waals surface area contributed by atoms with Gasteiger partial charge in [-0.3, -0.25) is 9.59 Å². The first-order valence-corrected chi connectivity index (χ1v) is 11.0. The number of benzene rings is 1. The van der Waals surface area contributed by atoms with Crippen LogP contribution in [0.2, 0.25) is 6.32 Å². The van der Waals surface area contributed by atoms with Crippen molar-refractivity contribution in [2.45, 2.75) is 63.6 Å². The fourth-order valence-electron chi connectivity index (χ4n) is 4.14. The number of ether oxygens (including phenoxy) is 1. The van der Waals surface area contributed by atoms with Crippen LogP contribution in [0.1, 0.15) is 50.9 Å². The van der Waals surface area contributed by atoms with Crippen molar-refractivity contribution in [3.63, 3.8) is 0 Å². The van der Waals surface area contributed by atoms with E-state index in [0.29, 0.717) is 24.8 Å². The van der Waals surface area contributed by atoms with E-state index in [1.54, 1.807) is 30.3 Å². The number of nitrogens with zero attached hydrogens (tertiary/aromatic N) is 3. The summed E-state index contributed by atoms with van der Waals surface area (Å²) in [5, 5.41) is 6.99. The average Bonchev–Trinajstić information content (AvgIpc) is 3.24. The van der Waals surface area contributed by atoms with Gasteiger partial charge in [-0.1, -0.05) is 41.9 Å². The number of Topliss-reactive ketones (excluding diaryl/α,β-unsaturated/α-hetero) is 1. The lowest BCUT2D eigenvalue weighted by molar-refractivity contribution is -0.149. The number of ketones is 1. The first-order valence-electron chi connectivity index (χ1n) is 11.0. The molecule has 33 heavy (non-hydrogen) atoms. The van der Waals surface area contributed by atoms with Crippen molar-refractivity contribution < 1.29 is 23.6 Å². The molecule has 2 saturated heterocycles. The van der Waals surface area contributed by atoms with Crippen LogP contribution in [0.15, 0.2) is 35.4 Å². The van der Waals surface area contributed by atoms with Gasteiger partial charge >= 0.3 is 13.1 Å². The van der Waals surface area contributed by atoms with Gasteiger partial charge in [0.05, 0.1) is 11.2 Å². The minimum absolute atomic E-state index is 0. The van der Waals surface area contributed by atoms with Crippen LogP contribution in [-0.2, 0) is 18.8 Å². The van der Waals surface area contributed by atoms with Crippen LogP contribution < -0.4 is 5.32 Å². The van der Waals surface area contributed by atoms with Crippen LogP contribution in [0.5, 0.6) is 0 Å². The van der Waals surface area contributed by atoms with Crippen LogP contribution in [-0.4, -0.2) is 55.3 Å². The number of rotatable bonds is 9. The van der Waals surface area contributed by atoms with Gasteiger partial charge in [-0.2, -0.15) is 0 Å². The van der Waals surface area contributed by atoms with Crippen LogP contribution in [0.3, 0.4) is 0 Å². The lowest BCUT2D eigenvalue weighted by Crippen LogP contribution is -2.46. The third kappa shape index (κ3) is 5.88. The number of azide groups is 1. The highest BCUT2D eigenvalue weighted by Crippen LogP contribution is 2.39. The smallest absolute Gasteiger partial charge is 0.457 e. The second-order valence-electron chi connectivity index (χ2n) is 9.42. The topological polar surface area (TPSA) is 123 Å². The Kier molecular flexibility index (Phi) is 8.96. The van der Waals surface area contributed by atoms with Crippen molar-refractivity contribution in [3.05, 3.63) is 46.3 Å². The number of hydrogen-bond acceptors (Lipinski definition) is 7. The number of carbonyl (C=O) groups excluding carboxylic acids is 2. The Labute approximate surface area is 201 Å². The molecule has 0 spiro atoms. The molecule has 0 unspecified atom stereocenters. The van der Waals surface area contributed by atoms with Crippen molar-refractivity contribution >= 4 is 31.3 Å². The van der Waals surface area contributed by atoms with Gasteiger partial charge in [0.1, 0.15) is 0 Å². The maximum atomic E-state index is 13.0. The molecule has 1 N–H and O–H groups in total. The van der Waals surface area contributed by atoms with Gasteiger partial charge in [-0.25, -0.2) is 0 Å². The molecule has 11 heteroatoms. The zero-order valence-corrected chi connectivity index (χ0v) is 20.4. The molecule has 9 nitrogen and oxygen atoms in total. The average molecular weight is 479 g/mol. The van der Waals surface area contributed by atoms with Crippen molar-refractivity contribution in [3.8, 4) is 0 Å². The molecular formula is C22H32BClN4O5. The highest BCUT2D eigenvalue weighted by Gasteiger charge is 2.52. The first kappa shape index (κ1) is 27.2. The highest BCUT2D eigenvalue weighted by atomic mass is 35.5. The molecule has 180 valence electrons. The van der Waals surface area contributed by atoms with E-state index in [0.717, 1.165) is 6.42 Å². The van der Waals surface area contributed by atoms with Crippen LogP contribution in [0.25, 0.3) is 10.4 Å². The highest BCUT2D eigenvalue weighted by molar-refractivity contribution is 6.45. The van der Waals surface area contributed by atoms with Crippen molar-refractivity contribution in [2.75, 3.05) is 19.7 Å². The third-order valence-corrected chi connectivity index (χ3v) is 6.76. The summed E-state index contributed by atoms with van der Waals surface area (Å²) < 4.78 is 17.4. The van der Waals surface area contributed by atoms with Crippen molar-refractivity contribution in [1.29, 1.82) is 0 Å². The molecule has 0 aliphatic carbocycles. The van der Waals surface area contributed by atoms with E-state index in [2.05, 4.69) is 15.3 Å². The SMILES string of the molecule is CC1(C)OB(CCC[C@H]2CNC[C@@]2(N=[N+]=[N-])C(=O)OCC(=O)c2ccccc2)OC1(C)C.Cl. The van der Waals surface area contributed by atoms with Gasteiger partial charge in [0.2, 0.25) is 0 Å². The Bertz CT molecular complexity index is 878. The Morgan fingerprint density at radius 2 is 1.85 bits per heavy atom. The van der Waals surface area contributed by atoms with Gasteiger partial charge in [-0.05, 0) is 58.4 Å². The molecule has 3 rings (SSSR count). The normalized spacial score (nSPS) is 25.1. The fourth-order valence-corrected chi connectivity index (χ4v) is 4.14. The lowest BCUT2D eigenvalue weighted by atomic mass is 9.78. The van der Waals surface area contributed by atoms with E-state index >= 15 is 0 Å². The summed E-state index contributed by atoms with van der Waals surface area (Å²) in [6.45, 7) is 8.33. The van der Waals surface area contributed by atoms with Gasteiger partial charge in [-0.15, -0.1) is 12.4 Å². The zero-order chi connectivity index (χ0) is 23.4. The quantitative estimate of drug-likeness (QED) is 0.143. The van der Waals surface area contributed by atoms with Crippen LogP contribution >= 0.6 is 12.4 Å². The Balaban J connectivity index is 0.00000385. The summed E-state index contributed by atoms with van der Waals surface area (Å²) in [7, 11) is -0.321. The minimum Gasteiger partial charge on any atom is -0.457 e. The van der Waals surface area contributed by atoms with Gasteiger partial charge in [0.15, 0.2) is 17.9 Å². The van der Waals surface area contributed by atoms with E-state index in [1.807, 2.05) is 27.7 Å². The molecule has 2 atom stereocenters. The molecule has 1 aromatic rings. The molecule has 2 fully saturated rings. The van der Waals surface area contributed by atoms with E-state index in [1.165, 1.54) is 0 Å². The standard InChI is InChI=1S/C22H31BN4O5.ClH/c1-20(2)21(3,4)32-23(31-20)12-8-11-17-13-25-15-22(17,26-27-24)19(29)30-14-18(28)16-9-6-5-7-10-16;/h5-7,9-10,17,25H,8,11-15H2,1-4H3;1H/t17-,22-;/m0./s1. The summed E-state index contributed by atoms with van der Waals surface area (Å²) in [4.78, 5) is 28.2. The van der Waals surface area contributed by atoms with Crippen LogP contribution in [0.4, 0.5) is 0 Å². The van der Waals surface area contributed by atoms with E-state index in [9.17, 15) is 9.59 Å². The molecule has 1 aromatic carbocycles.